The highest BCUT2D eigenvalue weighted by Gasteiger charge is 2.39. The maximum Gasteiger partial charge on any atom is 0.435 e. The van der Waals surface area contributed by atoms with Gasteiger partial charge in [-0.1, -0.05) is 53.0 Å². The van der Waals surface area contributed by atoms with E-state index in [2.05, 4.69) is 15.7 Å². The lowest BCUT2D eigenvalue weighted by atomic mass is 9.94. The molecule has 1 atom stereocenters. The molecule has 0 saturated carbocycles. The van der Waals surface area contributed by atoms with E-state index in [0.29, 0.717) is 16.3 Å². The molecule has 0 fully saturated rings. The Hall–Kier alpha value is -2.68. The number of halogens is 6. The van der Waals surface area contributed by atoms with E-state index in [1.807, 2.05) is 13.0 Å². The average molecular weight is 530 g/mol. The summed E-state index contributed by atoms with van der Waals surface area (Å²) >= 11 is 18.5. The SMILES string of the molecule is CC1=C(C(=O)NCc2c(C)cccc2Cl)C(c2ccc(Cl)c(Cl)c2)n2nc(C(F)(F)F)cc2N1. The van der Waals surface area contributed by atoms with Crippen LogP contribution in [0.15, 0.2) is 53.7 Å². The van der Waals surface area contributed by atoms with E-state index < -0.39 is 23.8 Å². The number of fused-ring (bicyclic) bond motifs is 1. The third-order valence-electron chi connectivity index (χ3n) is 5.55. The number of rotatable bonds is 4. The maximum absolute atomic E-state index is 13.4. The Morgan fingerprint density at radius 2 is 1.82 bits per heavy atom. The molecule has 11 heteroatoms. The van der Waals surface area contributed by atoms with Crippen molar-refractivity contribution < 1.29 is 18.0 Å². The molecule has 0 spiro atoms. The smallest absolute Gasteiger partial charge is 0.348 e. The van der Waals surface area contributed by atoms with Gasteiger partial charge in [0, 0.05) is 23.3 Å². The van der Waals surface area contributed by atoms with E-state index in [1.165, 1.54) is 12.1 Å². The molecule has 5 nitrogen and oxygen atoms in total. The number of alkyl halides is 3. The number of amides is 1. The normalized spacial score (nSPS) is 15.7. The number of hydrogen-bond donors (Lipinski definition) is 2. The monoisotopic (exact) mass is 528 g/mol. The van der Waals surface area contributed by atoms with Crippen LogP contribution in [0, 0.1) is 6.92 Å². The standard InChI is InChI=1S/C23H18Cl3F3N4O/c1-11-4-3-5-15(24)14(11)10-30-22(34)20-12(2)31-19-9-18(23(27,28)29)32-33(19)21(20)13-6-7-16(25)17(26)8-13/h3-9,21,31H,10H2,1-2H3,(H,30,34). The average Bonchev–Trinajstić information content (AvgIpc) is 3.18. The molecular formula is C23H18Cl3F3N4O. The van der Waals surface area contributed by atoms with Crippen molar-refractivity contribution in [2.24, 2.45) is 0 Å². The van der Waals surface area contributed by atoms with Gasteiger partial charge in [-0.25, -0.2) is 4.68 Å². The summed E-state index contributed by atoms with van der Waals surface area (Å²) < 4.78 is 41.4. The summed E-state index contributed by atoms with van der Waals surface area (Å²) in [6, 6.07) is 9.94. The summed E-state index contributed by atoms with van der Waals surface area (Å²) in [7, 11) is 0. The predicted octanol–water partition coefficient (Wildman–Crippen LogP) is 6.78. The Kier molecular flexibility index (Phi) is 6.59. The molecule has 4 rings (SSSR count). The van der Waals surface area contributed by atoms with Crippen LogP contribution in [-0.2, 0) is 17.5 Å². The van der Waals surface area contributed by atoms with Crippen LogP contribution in [0.2, 0.25) is 15.1 Å². The Labute approximate surface area is 208 Å². The second-order valence-electron chi connectivity index (χ2n) is 7.81. The van der Waals surface area contributed by atoms with E-state index in [9.17, 15) is 18.0 Å². The molecule has 0 radical (unpaired) electrons. The molecule has 178 valence electrons. The van der Waals surface area contributed by atoms with E-state index in [4.69, 9.17) is 34.8 Å². The summed E-state index contributed by atoms with van der Waals surface area (Å²) in [5.74, 6) is -0.394. The zero-order chi connectivity index (χ0) is 24.8. The van der Waals surface area contributed by atoms with Crippen molar-refractivity contribution >= 4 is 46.5 Å². The molecule has 2 heterocycles. The molecule has 2 N–H and O–H groups in total. The molecule has 1 amide bonds. The van der Waals surface area contributed by atoms with E-state index >= 15 is 0 Å². The van der Waals surface area contributed by atoms with Crippen LogP contribution in [-0.4, -0.2) is 15.7 Å². The number of benzene rings is 2. The van der Waals surface area contributed by atoms with Gasteiger partial charge in [0.15, 0.2) is 5.69 Å². The molecule has 0 aliphatic carbocycles. The number of aromatic nitrogens is 2. The van der Waals surface area contributed by atoms with Crippen LogP contribution in [0.5, 0.6) is 0 Å². The van der Waals surface area contributed by atoms with Crippen molar-refractivity contribution in [3.63, 3.8) is 0 Å². The Morgan fingerprint density at radius 3 is 2.47 bits per heavy atom. The Morgan fingerprint density at radius 1 is 1.09 bits per heavy atom. The number of nitrogens with one attached hydrogen (secondary N) is 2. The lowest BCUT2D eigenvalue weighted by Crippen LogP contribution is -2.35. The van der Waals surface area contributed by atoms with Crippen LogP contribution >= 0.6 is 34.8 Å². The molecule has 1 aliphatic rings. The number of carbonyl (C=O) groups excluding carboxylic acids is 1. The summed E-state index contributed by atoms with van der Waals surface area (Å²) in [6.45, 7) is 3.62. The van der Waals surface area contributed by atoms with Crippen LogP contribution in [0.4, 0.5) is 19.0 Å². The zero-order valence-electron chi connectivity index (χ0n) is 17.9. The highest BCUT2D eigenvalue weighted by molar-refractivity contribution is 6.42. The fourth-order valence-electron chi connectivity index (χ4n) is 3.85. The first-order chi connectivity index (χ1) is 16.0. The summed E-state index contributed by atoms with van der Waals surface area (Å²) in [4.78, 5) is 13.4. The fraction of sp³-hybridized carbons (Fsp3) is 0.217. The first-order valence-corrected chi connectivity index (χ1v) is 11.2. The third kappa shape index (κ3) is 4.62. The van der Waals surface area contributed by atoms with E-state index in [0.717, 1.165) is 21.9 Å². The highest BCUT2D eigenvalue weighted by atomic mass is 35.5. The minimum Gasteiger partial charge on any atom is -0.348 e. The van der Waals surface area contributed by atoms with Crippen molar-refractivity contribution in [1.29, 1.82) is 0 Å². The summed E-state index contributed by atoms with van der Waals surface area (Å²) in [5, 5.41) is 10.4. The van der Waals surface area contributed by atoms with Gasteiger partial charge in [-0.05, 0) is 48.7 Å². The number of aryl methyl sites for hydroxylation is 1. The molecule has 2 aromatic carbocycles. The largest absolute Gasteiger partial charge is 0.435 e. The van der Waals surface area contributed by atoms with Gasteiger partial charge in [-0.3, -0.25) is 4.79 Å². The highest BCUT2D eigenvalue weighted by Crippen LogP contribution is 2.40. The van der Waals surface area contributed by atoms with Gasteiger partial charge < -0.3 is 10.6 Å². The molecule has 1 unspecified atom stereocenters. The number of anilines is 1. The van der Waals surface area contributed by atoms with Crippen molar-refractivity contribution in [1.82, 2.24) is 15.1 Å². The van der Waals surface area contributed by atoms with Gasteiger partial charge in [-0.2, -0.15) is 18.3 Å². The number of nitrogens with zero attached hydrogens (tertiary/aromatic N) is 2. The molecular weight excluding hydrogens is 512 g/mol. The predicted molar refractivity (Wildman–Crippen MR) is 126 cm³/mol. The zero-order valence-corrected chi connectivity index (χ0v) is 20.2. The lowest BCUT2D eigenvalue weighted by molar-refractivity contribution is -0.141. The maximum atomic E-state index is 13.4. The second-order valence-corrected chi connectivity index (χ2v) is 9.04. The summed E-state index contributed by atoms with van der Waals surface area (Å²) in [6.07, 6.45) is -4.66. The fourth-order valence-corrected chi connectivity index (χ4v) is 4.44. The van der Waals surface area contributed by atoms with Gasteiger partial charge in [0.2, 0.25) is 0 Å². The van der Waals surface area contributed by atoms with Gasteiger partial charge in [0.05, 0.1) is 15.6 Å². The molecule has 3 aromatic rings. The molecule has 0 saturated heterocycles. The van der Waals surface area contributed by atoms with Crippen molar-refractivity contribution in [2.75, 3.05) is 5.32 Å². The van der Waals surface area contributed by atoms with E-state index in [-0.39, 0.29) is 28.0 Å². The molecule has 34 heavy (non-hydrogen) atoms. The Balaban J connectivity index is 1.77. The van der Waals surface area contributed by atoms with Crippen LogP contribution in [0.1, 0.15) is 35.3 Å². The van der Waals surface area contributed by atoms with E-state index in [1.54, 1.807) is 25.1 Å². The number of carbonyl (C=O) groups is 1. The van der Waals surface area contributed by atoms with Crippen molar-refractivity contribution in [2.45, 2.75) is 32.6 Å². The van der Waals surface area contributed by atoms with Gasteiger partial charge in [0.1, 0.15) is 11.9 Å². The third-order valence-corrected chi connectivity index (χ3v) is 6.64. The molecule has 1 aromatic heterocycles. The van der Waals surface area contributed by atoms with Gasteiger partial charge in [-0.15, -0.1) is 0 Å². The number of allylic oxidation sites excluding steroid dienone is 1. The van der Waals surface area contributed by atoms with Gasteiger partial charge in [0.25, 0.3) is 5.91 Å². The first-order valence-electron chi connectivity index (χ1n) is 10.1. The first kappa shape index (κ1) is 24.4. The van der Waals surface area contributed by atoms with Crippen molar-refractivity contribution in [3.8, 4) is 0 Å². The summed E-state index contributed by atoms with van der Waals surface area (Å²) in [5.41, 5.74) is 1.57. The minimum atomic E-state index is -4.66. The lowest BCUT2D eigenvalue weighted by Gasteiger charge is -2.30. The molecule has 0 bridgehead atoms. The number of hydrogen-bond acceptors (Lipinski definition) is 3. The minimum absolute atomic E-state index is 0.0967. The topological polar surface area (TPSA) is 59.0 Å². The Bertz CT molecular complexity index is 1300. The van der Waals surface area contributed by atoms with Crippen molar-refractivity contribution in [3.05, 3.63) is 91.2 Å². The second kappa shape index (κ2) is 9.17. The molecule has 1 aliphatic heterocycles. The van der Waals surface area contributed by atoms with Gasteiger partial charge >= 0.3 is 6.18 Å². The van der Waals surface area contributed by atoms with Crippen LogP contribution < -0.4 is 10.6 Å². The van der Waals surface area contributed by atoms with Crippen LogP contribution in [0.3, 0.4) is 0 Å². The van der Waals surface area contributed by atoms with Crippen LogP contribution in [0.25, 0.3) is 0 Å². The quantitative estimate of drug-likeness (QED) is 0.392.